The lowest BCUT2D eigenvalue weighted by Crippen LogP contribution is -2.30. The fourth-order valence-corrected chi connectivity index (χ4v) is 3.30. The Morgan fingerprint density at radius 1 is 1.64 bits per heavy atom. The fraction of sp³-hybridized carbons (Fsp3) is 1.00. The van der Waals surface area contributed by atoms with E-state index in [0.29, 0.717) is 13.0 Å². The minimum Gasteiger partial charge on any atom is -0.377 e. The second kappa shape index (κ2) is 4.63. The maximum absolute atomic E-state index is 11.7. The minimum absolute atomic E-state index is 0.00204. The van der Waals surface area contributed by atoms with Crippen LogP contribution in [0.4, 0.5) is 0 Å². The molecule has 1 rings (SSSR count). The molecule has 1 heterocycles. The third-order valence-electron chi connectivity index (χ3n) is 2.31. The molecule has 0 bridgehead atoms. The van der Waals surface area contributed by atoms with Crippen LogP contribution in [0.3, 0.4) is 0 Å². The lowest BCUT2D eigenvalue weighted by Gasteiger charge is -2.13. The fourth-order valence-electron chi connectivity index (χ4n) is 1.55. The largest absolute Gasteiger partial charge is 0.377 e. The Kier molecular flexibility index (Phi) is 3.74. The molecule has 7 heteroatoms. The van der Waals surface area contributed by atoms with Crippen LogP contribution in [0.1, 0.15) is 13.3 Å². The monoisotopic (exact) mass is 219 g/mol. The van der Waals surface area contributed by atoms with Crippen molar-refractivity contribution >= 4 is 9.84 Å². The summed E-state index contributed by atoms with van der Waals surface area (Å²) in [7, 11) is -3.17. The van der Waals surface area contributed by atoms with Crippen LogP contribution >= 0.6 is 0 Å². The number of azide groups is 1. The molecule has 0 aliphatic carbocycles. The molecular weight excluding hydrogens is 206 g/mol. The van der Waals surface area contributed by atoms with E-state index < -0.39 is 15.1 Å². The van der Waals surface area contributed by atoms with Crippen LogP contribution in [-0.2, 0) is 14.6 Å². The molecule has 0 N–H and O–H groups in total. The summed E-state index contributed by atoms with van der Waals surface area (Å²) >= 11 is 0. The predicted octanol–water partition coefficient (Wildman–Crippen LogP) is 0.889. The Hall–Kier alpha value is -0.780. The van der Waals surface area contributed by atoms with Crippen LogP contribution in [0.2, 0.25) is 0 Å². The van der Waals surface area contributed by atoms with Gasteiger partial charge >= 0.3 is 0 Å². The average Bonchev–Trinajstić information content (AvgIpc) is 2.52. The van der Waals surface area contributed by atoms with Gasteiger partial charge in [-0.25, -0.2) is 8.42 Å². The van der Waals surface area contributed by atoms with E-state index in [1.54, 1.807) is 6.92 Å². The van der Waals surface area contributed by atoms with Gasteiger partial charge in [-0.15, -0.1) is 0 Å². The maximum atomic E-state index is 11.7. The molecule has 1 aliphatic heterocycles. The molecule has 2 unspecified atom stereocenters. The summed E-state index contributed by atoms with van der Waals surface area (Å²) in [4.78, 5) is 2.51. The Morgan fingerprint density at radius 3 is 2.86 bits per heavy atom. The van der Waals surface area contributed by atoms with Gasteiger partial charge in [-0.05, 0) is 18.9 Å². The first-order chi connectivity index (χ1) is 6.58. The summed E-state index contributed by atoms with van der Waals surface area (Å²) in [6, 6.07) is 0. The number of nitrogens with zero attached hydrogens (tertiary/aromatic N) is 3. The van der Waals surface area contributed by atoms with E-state index in [0.717, 1.165) is 0 Å². The van der Waals surface area contributed by atoms with Crippen molar-refractivity contribution in [3.8, 4) is 0 Å². The van der Waals surface area contributed by atoms with Gasteiger partial charge in [-0.3, -0.25) is 0 Å². The van der Waals surface area contributed by atoms with Gasteiger partial charge in [0.2, 0.25) is 0 Å². The molecule has 1 aliphatic rings. The Morgan fingerprint density at radius 2 is 2.36 bits per heavy atom. The zero-order valence-corrected chi connectivity index (χ0v) is 8.77. The molecule has 0 radical (unpaired) electrons. The van der Waals surface area contributed by atoms with Crippen molar-refractivity contribution in [2.75, 3.05) is 18.9 Å². The van der Waals surface area contributed by atoms with Crippen LogP contribution in [-0.4, -0.2) is 38.7 Å². The molecule has 0 aromatic heterocycles. The van der Waals surface area contributed by atoms with Crippen molar-refractivity contribution in [2.45, 2.75) is 24.7 Å². The number of sulfone groups is 1. The molecule has 2 atom stereocenters. The van der Waals surface area contributed by atoms with Gasteiger partial charge in [0.25, 0.3) is 0 Å². The summed E-state index contributed by atoms with van der Waals surface area (Å²) in [5, 5.41) is 2.78. The van der Waals surface area contributed by atoms with E-state index >= 15 is 0 Å². The number of hydrogen-bond donors (Lipinski definition) is 0. The van der Waals surface area contributed by atoms with E-state index in [2.05, 4.69) is 10.0 Å². The topological polar surface area (TPSA) is 92.1 Å². The highest BCUT2D eigenvalue weighted by Gasteiger charge is 2.34. The smallest absolute Gasteiger partial charge is 0.155 e. The van der Waals surface area contributed by atoms with Crippen LogP contribution in [0, 0.1) is 0 Å². The quantitative estimate of drug-likeness (QED) is 0.399. The van der Waals surface area contributed by atoms with Crippen molar-refractivity contribution in [3.05, 3.63) is 10.4 Å². The zero-order chi connectivity index (χ0) is 10.6. The van der Waals surface area contributed by atoms with Crippen LogP contribution < -0.4 is 0 Å². The second-order valence-electron chi connectivity index (χ2n) is 3.22. The predicted molar refractivity (Wildman–Crippen MR) is 51.6 cm³/mol. The van der Waals surface area contributed by atoms with Gasteiger partial charge in [0.15, 0.2) is 9.84 Å². The van der Waals surface area contributed by atoms with Crippen LogP contribution in [0.5, 0.6) is 0 Å². The molecule has 1 saturated heterocycles. The van der Waals surface area contributed by atoms with Crippen LogP contribution in [0.25, 0.3) is 10.4 Å². The first-order valence-electron chi connectivity index (χ1n) is 4.42. The summed E-state index contributed by atoms with van der Waals surface area (Å²) in [6.07, 6.45) is 0.297. The van der Waals surface area contributed by atoms with Gasteiger partial charge in [0.05, 0.1) is 17.1 Å². The van der Waals surface area contributed by atoms with E-state index in [9.17, 15) is 8.42 Å². The van der Waals surface area contributed by atoms with Crippen LogP contribution in [0.15, 0.2) is 5.11 Å². The Labute approximate surface area is 82.8 Å². The van der Waals surface area contributed by atoms with E-state index in [1.807, 2.05) is 0 Å². The van der Waals surface area contributed by atoms with E-state index in [4.69, 9.17) is 10.3 Å². The molecule has 0 aromatic rings. The first-order valence-corrected chi connectivity index (χ1v) is 6.13. The molecule has 6 nitrogen and oxygen atoms in total. The summed E-state index contributed by atoms with van der Waals surface area (Å²) in [5.41, 5.74) is 8.02. The molecule has 14 heavy (non-hydrogen) atoms. The minimum atomic E-state index is -3.17. The molecule has 0 aromatic carbocycles. The summed E-state index contributed by atoms with van der Waals surface area (Å²) in [6.45, 7) is 2.25. The van der Waals surface area contributed by atoms with E-state index in [1.165, 1.54) is 0 Å². The number of hydrogen-bond acceptors (Lipinski definition) is 4. The number of rotatable bonds is 4. The van der Waals surface area contributed by atoms with Crippen molar-refractivity contribution in [3.63, 3.8) is 0 Å². The van der Waals surface area contributed by atoms with Gasteiger partial charge in [-0.2, -0.15) is 0 Å². The maximum Gasteiger partial charge on any atom is 0.155 e. The molecule has 80 valence electrons. The number of ether oxygens (including phenoxy) is 1. The Balaban J connectivity index is 2.60. The second-order valence-corrected chi connectivity index (χ2v) is 5.56. The highest BCUT2D eigenvalue weighted by atomic mass is 32.2. The average molecular weight is 219 g/mol. The lowest BCUT2D eigenvalue weighted by atomic mass is 10.3. The van der Waals surface area contributed by atoms with Crippen molar-refractivity contribution in [2.24, 2.45) is 5.11 Å². The molecular formula is C7H13N3O3S. The highest BCUT2D eigenvalue weighted by molar-refractivity contribution is 7.92. The third kappa shape index (κ3) is 2.60. The molecule has 0 saturated carbocycles. The standard InChI is InChI=1S/C7H13N3O3S/c1-6-7(2-4-13-6)14(11,12)5-3-9-10-8/h6-7H,2-5H2,1H3. The van der Waals surface area contributed by atoms with E-state index in [-0.39, 0.29) is 18.4 Å². The molecule has 0 amide bonds. The first kappa shape index (κ1) is 11.3. The SMILES string of the molecule is CC1OCCC1S(=O)(=O)CCN=[N+]=[N-]. The zero-order valence-electron chi connectivity index (χ0n) is 7.96. The van der Waals surface area contributed by atoms with Gasteiger partial charge in [0.1, 0.15) is 0 Å². The molecule has 1 fully saturated rings. The lowest BCUT2D eigenvalue weighted by molar-refractivity contribution is 0.126. The Bertz CT molecular complexity index is 334. The van der Waals surface area contributed by atoms with Crippen molar-refractivity contribution < 1.29 is 13.2 Å². The summed E-state index contributed by atoms with van der Waals surface area (Å²) < 4.78 is 28.5. The van der Waals surface area contributed by atoms with Gasteiger partial charge in [0, 0.05) is 18.1 Å². The summed E-state index contributed by atoms with van der Waals surface area (Å²) in [5.74, 6) is -0.0879. The van der Waals surface area contributed by atoms with Gasteiger partial charge in [-0.1, -0.05) is 5.11 Å². The van der Waals surface area contributed by atoms with Crippen molar-refractivity contribution in [1.82, 2.24) is 0 Å². The van der Waals surface area contributed by atoms with Crippen molar-refractivity contribution in [1.29, 1.82) is 0 Å². The molecule has 0 spiro atoms. The normalized spacial score (nSPS) is 27.2. The highest BCUT2D eigenvalue weighted by Crippen LogP contribution is 2.21. The van der Waals surface area contributed by atoms with Gasteiger partial charge < -0.3 is 4.74 Å². The third-order valence-corrected chi connectivity index (χ3v) is 4.60.